The standard InChI is InChI=1S/C26H34N4O4S.C10H18N4O2S/c1-26(2,20-28-15-5-16-28)30-17-14-25(27-30)35(31,32)29(18-21-6-10-23(33-3)11-7-21)19-22-8-12-24(34-4)13-9-22;1-10(2,8-13-5-3-6-13)14-7-4-9(12-14)17(11,15)16/h6-14,17H,5,15-16,18-20H2,1-4H3;4,7H,3,5-6,8H2,1-2H3,(H2,11,15,16). The molecule has 2 aromatic heterocycles. The van der Waals surface area contributed by atoms with Gasteiger partial charge in [-0.25, -0.2) is 22.0 Å². The van der Waals surface area contributed by atoms with Crippen LogP contribution in [0.4, 0.5) is 0 Å². The molecular weight excluding hydrogens is 705 g/mol. The van der Waals surface area contributed by atoms with Gasteiger partial charge in [0.2, 0.25) is 0 Å². The van der Waals surface area contributed by atoms with Gasteiger partial charge in [-0.3, -0.25) is 9.36 Å². The normalized spacial score (nSPS) is 15.8. The van der Waals surface area contributed by atoms with Crippen LogP contribution < -0.4 is 14.6 Å². The summed E-state index contributed by atoms with van der Waals surface area (Å²) in [4.78, 5) is 4.67. The Morgan fingerprint density at radius 1 is 0.654 bits per heavy atom. The lowest BCUT2D eigenvalue weighted by Gasteiger charge is -2.38. The molecule has 0 radical (unpaired) electrons. The summed E-state index contributed by atoms with van der Waals surface area (Å²) in [7, 11) is -4.36. The van der Waals surface area contributed by atoms with Crippen LogP contribution in [0.15, 0.2) is 83.1 Å². The van der Waals surface area contributed by atoms with E-state index in [9.17, 15) is 16.8 Å². The van der Waals surface area contributed by atoms with Crippen molar-refractivity contribution in [2.24, 2.45) is 5.14 Å². The van der Waals surface area contributed by atoms with E-state index in [2.05, 4.69) is 33.8 Å². The van der Waals surface area contributed by atoms with Gasteiger partial charge in [-0.2, -0.15) is 14.5 Å². The van der Waals surface area contributed by atoms with Crippen molar-refractivity contribution in [1.29, 1.82) is 0 Å². The maximum absolute atomic E-state index is 13.8. The van der Waals surface area contributed by atoms with Crippen molar-refractivity contribution in [1.82, 2.24) is 33.7 Å². The van der Waals surface area contributed by atoms with Gasteiger partial charge >= 0.3 is 0 Å². The van der Waals surface area contributed by atoms with Crippen molar-refractivity contribution in [2.75, 3.05) is 53.5 Å². The van der Waals surface area contributed by atoms with Gasteiger partial charge in [-0.1, -0.05) is 24.3 Å². The van der Waals surface area contributed by atoms with Gasteiger partial charge < -0.3 is 19.3 Å². The first kappa shape index (κ1) is 39.4. The van der Waals surface area contributed by atoms with Gasteiger partial charge in [0.25, 0.3) is 20.0 Å². The van der Waals surface area contributed by atoms with Gasteiger partial charge in [0.15, 0.2) is 10.1 Å². The summed E-state index contributed by atoms with van der Waals surface area (Å²) >= 11 is 0. The molecule has 2 aromatic carbocycles. The van der Waals surface area contributed by atoms with Crippen molar-refractivity contribution in [3.8, 4) is 11.5 Å². The molecule has 0 unspecified atom stereocenters. The molecule has 4 aromatic rings. The van der Waals surface area contributed by atoms with E-state index in [-0.39, 0.29) is 34.2 Å². The predicted octanol–water partition coefficient (Wildman–Crippen LogP) is 3.70. The van der Waals surface area contributed by atoms with E-state index in [1.807, 2.05) is 62.4 Å². The first-order valence-corrected chi connectivity index (χ1v) is 20.3. The summed E-state index contributed by atoms with van der Waals surface area (Å²) in [6.07, 6.45) is 5.88. The molecule has 2 N–H and O–H groups in total. The number of nitrogens with zero attached hydrogens (tertiary/aromatic N) is 7. The van der Waals surface area contributed by atoms with E-state index in [1.54, 1.807) is 42.0 Å². The Labute approximate surface area is 308 Å². The molecule has 0 amide bonds. The van der Waals surface area contributed by atoms with Gasteiger partial charge in [-0.15, -0.1) is 0 Å². The second-order valence-corrected chi connectivity index (χ2v) is 18.0. The predicted molar refractivity (Wildman–Crippen MR) is 199 cm³/mol. The Hall–Kier alpha value is -3.80. The topological polar surface area (TPSA) is 158 Å². The van der Waals surface area contributed by atoms with E-state index in [0.717, 1.165) is 61.9 Å². The fourth-order valence-corrected chi connectivity index (χ4v) is 7.90. The summed E-state index contributed by atoms with van der Waals surface area (Å²) in [5.41, 5.74) is 1.18. The molecule has 0 aliphatic carbocycles. The maximum atomic E-state index is 13.8. The van der Waals surface area contributed by atoms with Crippen LogP contribution in [0.1, 0.15) is 51.7 Å². The van der Waals surface area contributed by atoms with E-state index in [4.69, 9.17) is 14.6 Å². The lowest BCUT2D eigenvalue weighted by atomic mass is 10.0. The minimum atomic E-state index is -3.86. The Balaban J connectivity index is 0.000000257. The number of benzene rings is 2. The Morgan fingerprint density at radius 2 is 1.04 bits per heavy atom. The Morgan fingerprint density at radius 3 is 1.37 bits per heavy atom. The maximum Gasteiger partial charge on any atom is 0.262 e. The van der Waals surface area contributed by atoms with Crippen molar-refractivity contribution < 1.29 is 26.3 Å². The van der Waals surface area contributed by atoms with E-state index in [0.29, 0.717) is 0 Å². The quantitative estimate of drug-likeness (QED) is 0.190. The van der Waals surface area contributed by atoms with E-state index >= 15 is 0 Å². The highest BCUT2D eigenvalue weighted by molar-refractivity contribution is 7.89. The molecule has 0 bridgehead atoms. The molecule has 0 spiro atoms. The lowest BCUT2D eigenvalue weighted by Crippen LogP contribution is -2.47. The summed E-state index contributed by atoms with van der Waals surface area (Å²) in [6.45, 7) is 14.7. The fraction of sp³-hybridized carbons (Fsp3) is 0.500. The molecular formula is C36H52N8O6S2. The third-order valence-corrected chi connectivity index (χ3v) is 11.9. The van der Waals surface area contributed by atoms with Crippen molar-refractivity contribution in [2.45, 2.75) is 74.8 Å². The van der Waals surface area contributed by atoms with Gasteiger partial charge in [-0.05, 0) is 114 Å². The van der Waals surface area contributed by atoms with Crippen LogP contribution >= 0.6 is 0 Å². The number of methoxy groups -OCH3 is 2. The van der Waals surface area contributed by atoms with Gasteiger partial charge in [0, 0.05) is 38.6 Å². The summed E-state index contributed by atoms with van der Waals surface area (Å²) < 4.78 is 65.3. The highest BCUT2D eigenvalue weighted by atomic mass is 32.2. The van der Waals surface area contributed by atoms with Crippen molar-refractivity contribution >= 4 is 20.0 Å². The van der Waals surface area contributed by atoms with Crippen LogP contribution in [0.25, 0.3) is 0 Å². The van der Waals surface area contributed by atoms with Crippen LogP contribution in [0.2, 0.25) is 0 Å². The van der Waals surface area contributed by atoms with Crippen LogP contribution in [-0.4, -0.2) is 104 Å². The van der Waals surface area contributed by atoms with Crippen molar-refractivity contribution in [3.63, 3.8) is 0 Å². The number of nitrogens with two attached hydrogens (primary N) is 1. The number of likely N-dealkylation sites (tertiary alicyclic amines) is 2. The average Bonchev–Trinajstić information content (AvgIpc) is 3.78. The molecule has 14 nitrogen and oxygen atoms in total. The van der Waals surface area contributed by atoms with Gasteiger partial charge in [0.1, 0.15) is 11.5 Å². The van der Waals surface area contributed by atoms with Gasteiger partial charge in [0.05, 0.1) is 25.3 Å². The molecule has 0 saturated carbocycles. The monoisotopic (exact) mass is 756 g/mol. The number of hydrogen-bond acceptors (Lipinski definition) is 10. The second-order valence-electron chi connectivity index (χ2n) is 14.6. The first-order valence-electron chi connectivity index (χ1n) is 17.4. The summed E-state index contributed by atoms with van der Waals surface area (Å²) in [5.74, 6) is 1.45. The molecule has 2 aliphatic heterocycles. The highest BCUT2D eigenvalue weighted by Gasteiger charge is 2.32. The molecule has 52 heavy (non-hydrogen) atoms. The van der Waals surface area contributed by atoms with E-state index < -0.39 is 20.0 Å². The number of rotatable bonds is 15. The average molecular weight is 757 g/mol. The molecule has 0 atom stereocenters. The summed E-state index contributed by atoms with van der Waals surface area (Å²) in [5, 5.41) is 13.6. The Kier molecular flexibility index (Phi) is 12.2. The number of aromatic nitrogens is 4. The molecule has 2 fully saturated rings. The van der Waals surface area contributed by atoms with Crippen LogP contribution in [0.5, 0.6) is 11.5 Å². The highest BCUT2D eigenvalue weighted by Crippen LogP contribution is 2.26. The molecule has 16 heteroatoms. The molecule has 4 heterocycles. The van der Waals surface area contributed by atoms with Crippen molar-refractivity contribution in [3.05, 3.63) is 84.2 Å². The Bertz CT molecular complexity index is 1930. The lowest BCUT2D eigenvalue weighted by molar-refractivity contribution is 0.112. The number of sulfonamides is 2. The first-order chi connectivity index (χ1) is 24.5. The smallest absolute Gasteiger partial charge is 0.262 e. The number of ether oxygens (including phenoxy) is 2. The van der Waals surface area contributed by atoms with Crippen LogP contribution in [0, 0.1) is 0 Å². The van der Waals surface area contributed by atoms with E-state index in [1.165, 1.54) is 23.2 Å². The third kappa shape index (κ3) is 9.79. The zero-order valence-electron chi connectivity index (χ0n) is 31.0. The molecule has 2 aliphatic rings. The molecule has 284 valence electrons. The fourth-order valence-electron chi connectivity index (χ4n) is 6.12. The minimum Gasteiger partial charge on any atom is -0.497 e. The number of primary sulfonamides is 1. The van der Waals surface area contributed by atoms with Crippen LogP contribution in [-0.2, 0) is 44.2 Å². The largest absolute Gasteiger partial charge is 0.497 e. The SMILES string of the molecule is CC(C)(CN1CCC1)n1ccc(S(N)(=O)=O)n1.COc1ccc(CN(Cc2ccc(OC)cc2)S(=O)(=O)c2ccn(C(C)(C)CN3CCC3)n2)cc1. The molecule has 2 saturated heterocycles. The van der Waals surface area contributed by atoms with Crippen LogP contribution in [0.3, 0.4) is 0 Å². The summed E-state index contributed by atoms with van der Waals surface area (Å²) in [6, 6.07) is 17.9. The zero-order chi connectivity index (χ0) is 37.7. The minimum absolute atomic E-state index is 0.0520. The zero-order valence-corrected chi connectivity index (χ0v) is 32.6. The third-order valence-electron chi connectivity index (χ3n) is 9.42. The second kappa shape index (κ2) is 16.1. The number of hydrogen-bond donors (Lipinski definition) is 1. The molecule has 6 rings (SSSR count).